The van der Waals surface area contributed by atoms with E-state index in [0.717, 1.165) is 6.92 Å². The van der Waals surface area contributed by atoms with E-state index < -0.39 is 76.3 Å². The fraction of sp³-hybridized carbons (Fsp3) is 0.654. The molecule has 8 nitrogen and oxygen atoms in total. The molecule has 4 rings (SSSR count). The second-order valence-corrected chi connectivity index (χ2v) is 11.3. The van der Waals surface area contributed by atoms with Crippen molar-refractivity contribution >= 4 is 11.8 Å². The van der Waals surface area contributed by atoms with Gasteiger partial charge in [0.2, 0.25) is 0 Å². The van der Waals surface area contributed by atoms with Crippen molar-refractivity contribution in [3.05, 3.63) is 40.3 Å². The van der Waals surface area contributed by atoms with Gasteiger partial charge in [0.1, 0.15) is 11.7 Å². The van der Waals surface area contributed by atoms with E-state index in [-0.39, 0.29) is 22.8 Å². The van der Waals surface area contributed by atoms with Gasteiger partial charge in [-0.3, -0.25) is 4.79 Å². The SMILES string of the molecule is CC1=CC23C(=O)[C@@H](C=C(CO)[C@@H](O)[C@]2(O)[C@H]1OC(=O)c1c(C)noc1C(F)(F)F)C(C)(C)[C@@H](C)CC3C. The molecule has 1 spiro atoms. The van der Waals surface area contributed by atoms with Crippen LogP contribution in [0.4, 0.5) is 13.2 Å². The van der Waals surface area contributed by atoms with E-state index in [1.165, 1.54) is 19.1 Å². The van der Waals surface area contributed by atoms with Gasteiger partial charge in [-0.15, -0.1) is 0 Å². The number of fused-ring (bicyclic) bond motifs is 1. The number of nitrogens with zero attached hydrogens (tertiary/aromatic N) is 1. The highest BCUT2D eigenvalue weighted by Gasteiger charge is 2.73. The van der Waals surface area contributed by atoms with Crippen molar-refractivity contribution in [2.75, 3.05) is 6.61 Å². The zero-order valence-electron chi connectivity index (χ0n) is 21.5. The van der Waals surface area contributed by atoms with Crippen LogP contribution in [0.2, 0.25) is 0 Å². The zero-order chi connectivity index (χ0) is 27.9. The molecule has 1 aromatic heterocycles. The fourth-order valence-electron chi connectivity index (χ4n) is 6.62. The first-order chi connectivity index (χ1) is 17.0. The lowest BCUT2D eigenvalue weighted by atomic mass is 9.59. The molecule has 11 heteroatoms. The van der Waals surface area contributed by atoms with Gasteiger partial charge in [-0.1, -0.05) is 45.0 Å². The summed E-state index contributed by atoms with van der Waals surface area (Å²) in [5.74, 6) is -4.89. The van der Waals surface area contributed by atoms with Gasteiger partial charge in [-0.2, -0.15) is 13.2 Å². The van der Waals surface area contributed by atoms with Crippen LogP contribution in [0.3, 0.4) is 0 Å². The first-order valence-electron chi connectivity index (χ1n) is 12.2. The van der Waals surface area contributed by atoms with Crippen LogP contribution in [0, 0.1) is 35.5 Å². The summed E-state index contributed by atoms with van der Waals surface area (Å²) in [6.45, 7) is 9.49. The summed E-state index contributed by atoms with van der Waals surface area (Å²) in [7, 11) is 0. The number of Topliss-reactive ketones (excluding diaryl/α,β-unsaturated/α-hetero) is 1. The lowest BCUT2D eigenvalue weighted by Gasteiger charge is -2.48. The standard InChI is InChI=1S/C26H32F3NO7/c1-11-9-24-13(3)7-12(2)23(5,6)16(19(24)33)8-15(10-31)18(32)25(24,35)20(11)36-22(34)17-14(4)30-37-21(17)26(27,28)29/h8-9,12-13,16,18,20,31-32,35H,7,10H2,1-6H3/t12-,13?,16+,18+,20-,24?,25-/m0/s1. The third-order valence-corrected chi connectivity index (χ3v) is 9.06. The van der Waals surface area contributed by atoms with Crippen molar-refractivity contribution in [2.45, 2.75) is 71.9 Å². The minimum atomic E-state index is -5.04. The second-order valence-electron chi connectivity index (χ2n) is 11.3. The van der Waals surface area contributed by atoms with Gasteiger partial charge < -0.3 is 24.6 Å². The smallest absolute Gasteiger partial charge is 0.451 e. The van der Waals surface area contributed by atoms with Crippen LogP contribution >= 0.6 is 0 Å². The Kier molecular flexibility index (Phi) is 6.33. The van der Waals surface area contributed by atoms with Crippen LogP contribution in [0.1, 0.15) is 62.9 Å². The fourth-order valence-corrected chi connectivity index (χ4v) is 6.62. The number of carbonyl (C=O) groups is 2. The first-order valence-corrected chi connectivity index (χ1v) is 12.2. The largest absolute Gasteiger partial charge is 0.453 e. The number of rotatable bonds is 3. The van der Waals surface area contributed by atoms with Crippen LogP contribution in [0.15, 0.2) is 27.8 Å². The van der Waals surface area contributed by atoms with Crippen molar-refractivity contribution < 1.29 is 47.3 Å². The Morgan fingerprint density at radius 2 is 1.86 bits per heavy atom. The molecule has 3 N–H and O–H groups in total. The van der Waals surface area contributed by atoms with Crippen LogP contribution in [-0.4, -0.2) is 56.6 Å². The normalized spacial score (nSPS) is 37.3. The van der Waals surface area contributed by atoms with Crippen molar-refractivity contribution in [2.24, 2.45) is 28.6 Å². The predicted molar refractivity (Wildman–Crippen MR) is 123 cm³/mol. The molecule has 0 aromatic carbocycles. The Morgan fingerprint density at radius 1 is 1.24 bits per heavy atom. The van der Waals surface area contributed by atoms with Crippen LogP contribution < -0.4 is 0 Å². The van der Waals surface area contributed by atoms with Gasteiger partial charge in [0.05, 0.1) is 17.7 Å². The number of esters is 1. The summed E-state index contributed by atoms with van der Waals surface area (Å²) in [6.07, 6.45) is -5.14. The van der Waals surface area contributed by atoms with Gasteiger partial charge in [0, 0.05) is 5.92 Å². The lowest BCUT2D eigenvalue weighted by molar-refractivity contribution is -0.190. The summed E-state index contributed by atoms with van der Waals surface area (Å²) in [6, 6.07) is 0. The maximum Gasteiger partial charge on any atom is 0.453 e. The summed E-state index contributed by atoms with van der Waals surface area (Å²) < 4.78 is 50.2. The van der Waals surface area contributed by atoms with Gasteiger partial charge >= 0.3 is 12.1 Å². The van der Waals surface area contributed by atoms with E-state index >= 15 is 0 Å². The first kappa shape index (κ1) is 27.5. The Hall–Kier alpha value is -2.50. The molecule has 1 fully saturated rings. The van der Waals surface area contributed by atoms with Crippen LogP contribution in [0.5, 0.6) is 0 Å². The average Bonchev–Trinajstić information content (AvgIpc) is 3.27. The van der Waals surface area contributed by atoms with E-state index in [1.54, 1.807) is 6.92 Å². The summed E-state index contributed by atoms with van der Waals surface area (Å²) in [5, 5.41) is 37.2. The highest BCUT2D eigenvalue weighted by atomic mass is 19.4. The number of aromatic nitrogens is 1. The number of ketones is 1. The van der Waals surface area contributed by atoms with Gasteiger partial charge in [0.15, 0.2) is 17.5 Å². The van der Waals surface area contributed by atoms with Gasteiger partial charge in [0.25, 0.3) is 5.76 Å². The second kappa shape index (κ2) is 8.51. The Morgan fingerprint density at radius 3 is 2.43 bits per heavy atom. The molecule has 37 heavy (non-hydrogen) atoms. The Bertz CT molecular complexity index is 1200. The maximum absolute atomic E-state index is 14.3. The number of carbonyl (C=O) groups excluding carboxylic acids is 2. The molecule has 0 amide bonds. The molecule has 0 aliphatic heterocycles. The minimum absolute atomic E-state index is 0.0178. The predicted octanol–water partition coefficient (Wildman–Crippen LogP) is 3.39. The highest BCUT2D eigenvalue weighted by Crippen LogP contribution is 2.62. The monoisotopic (exact) mass is 527 g/mol. The van der Waals surface area contributed by atoms with Crippen LogP contribution in [0.25, 0.3) is 0 Å². The molecule has 2 unspecified atom stereocenters. The summed E-state index contributed by atoms with van der Waals surface area (Å²) in [4.78, 5) is 27.4. The number of ether oxygens (including phenoxy) is 1. The average molecular weight is 528 g/mol. The van der Waals surface area contributed by atoms with E-state index in [0.29, 0.717) is 6.42 Å². The quantitative estimate of drug-likeness (QED) is 0.403. The number of alkyl halides is 3. The molecular formula is C26H32F3NO7. The maximum atomic E-state index is 14.3. The van der Waals surface area contributed by atoms with Crippen molar-refractivity contribution in [3.63, 3.8) is 0 Å². The van der Waals surface area contributed by atoms with Crippen molar-refractivity contribution in [1.82, 2.24) is 5.16 Å². The summed E-state index contributed by atoms with van der Waals surface area (Å²) in [5.41, 5.74) is -6.00. The summed E-state index contributed by atoms with van der Waals surface area (Å²) >= 11 is 0. The van der Waals surface area contributed by atoms with Crippen LogP contribution in [-0.2, 0) is 15.7 Å². The van der Waals surface area contributed by atoms with Crippen molar-refractivity contribution in [3.8, 4) is 0 Å². The minimum Gasteiger partial charge on any atom is -0.451 e. The van der Waals surface area contributed by atoms with Crippen molar-refractivity contribution in [1.29, 1.82) is 0 Å². The lowest BCUT2D eigenvalue weighted by Crippen LogP contribution is -2.65. The molecule has 204 valence electrons. The molecule has 1 saturated carbocycles. The van der Waals surface area contributed by atoms with E-state index in [2.05, 4.69) is 9.68 Å². The number of aryl methyl sites for hydroxylation is 1. The molecule has 1 heterocycles. The Labute approximate surface area is 212 Å². The third kappa shape index (κ3) is 3.57. The van der Waals surface area contributed by atoms with Gasteiger partial charge in [-0.05, 0) is 48.7 Å². The number of halogens is 3. The molecular weight excluding hydrogens is 495 g/mol. The molecule has 0 saturated heterocycles. The van der Waals surface area contributed by atoms with E-state index in [1.807, 2.05) is 20.8 Å². The van der Waals surface area contributed by atoms with E-state index in [9.17, 15) is 38.1 Å². The molecule has 3 aliphatic rings. The number of hydrogen-bond acceptors (Lipinski definition) is 8. The highest BCUT2D eigenvalue weighted by molar-refractivity contribution is 5.96. The van der Waals surface area contributed by atoms with E-state index in [4.69, 9.17) is 4.74 Å². The number of hydrogen-bond donors (Lipinski definition) is 3. The molecule has 3 aliphatic carbocycles. The van der Waals surface area contributed by atoms with Gasteiger partial charge in [-0.25, -0.2) is 4.79 Å². The number of aliphatic hydroxyl groups excluding tert-OH is 2. The molecule has 7 atom stereocenters. The zero-order valence-corrected chi connectivity index (χ0v) is 21.5. The number of allylic oxidation sites excluding steroid dienone is 1. The topological polar surface area (TPSA) is 130 Å². The molecule has 1 aromatic rings. The molecule has 2 bridgehead atoms. The third-order valence-electron chi connectivity index (χ3n) is 9.06. The molecule has 0 radical (unpaired) electrons. The number of aliphatic hydroxyl groups is 3. The Balaban J connectivity index is 1.90.